The van der Waals surface area contributed by atoms with Crippen molar-refractivity contribution in [3.63, 3.8) is 0 Å². The number of amides is 2. The predicted molar refractivity (Wildman–Crippen MR) is 132 cm³/mol. The molecule has 1 heterocycles. The van der Waals surface area contributed by atoms with Crippen LogP contribution >= 0.6 is 28.1 Å². The van der Waals surface area contributed by atoms with Gasteiger partial charge in [0.15, 0.2) is 5.11 Å². The largest absolute Gasteiger partial charge is 0.298 e. The number of hydrogen-bond acceptors (Lipinski definition) is 3. The highest BCUT2D eigenvalue weighted by atomic mass is 79.9. The zero-order chi connectivity index (χ0) is 21.5. The van der Waals surface area contributed by atoms with Crippen molar-refractivity contribution < 1.29 is 9.59 Å². The van der Waals surface area contributed by atoms with Crippen molar-refractivity contribution in [1.29, 1.82) is 0 Å². The molecule has 0 radical (unpaired) electrons. The van der Waals surface area contributed by atoms with Gasteiger partial charge in [-0.3, -0.25) is 19.8 Å². The van der Waals surface area contributed by atoms with E-state index in [9.17, 15) is 9.59 Å². The molecule has 1 aliphatic rings. The van der Waals surface area contributed by atoms with E-state index < -0.39 is 11.8 Å². The number of fused-ring (bicyclic) bond motifs is 2. The van der Waals surface area contributed by atoms with E-state index in [0.717, 1.165) is 31.6 Å². The first-order chi connectivity index (χ1) is 15.0. The lowest BCUT2D eigenvalue weighted by Gasteiger charge is -2.29. The van der Waals surface area contributed by atoms with Gasteiger partial charge in [-0.15, -0.1) is 0 Å². The van der Waals surface area contributed by atoms with Crippen LogP contribution in [0.25, 0.3) is 27.6 Å². The maximum atomic E-state index is 13.4. The summed E-state index contributed by atoms with van der Waals surface area (Å²) < 4.78 is 0.883. The topological polar surface area (TPSA) is 49.4 Å². The average molecular weight is 487 g/mol. The fourth-order valence-electron chi connectivity index (χ4n) is 3.83. The lowest BCUT2D eigenvalue weighted by atomic mass is 9.94. The molecule has 4 nitrogen and oxygen atoms in total. The van der Waals surface area contributed by atoms with Gasteiger partial charge in [-0.1, -0.05) is 64.5 Å². The van der Waals surface area contributed by atoms with Crippen molar-refractivity contribution in [2.75, 3.05) is 4.90 Å². The second kappa shape index (κ2) is 7.72. The average Bonchev–Trinajstić information content (AvgIpc) is 2.77. The highest BCUT2D eigenvalue weighted by molar-refractivity contribution is 9.10. The van der Waals surface area contributed by atoms with Crippen molar-refractivity contribution in [3.8, 4) is 0 Å². The number of carbonyl (C=O) groups is 2. The van der Waals surface area contributed by atoms with Crippen LogP contribution in [0.3, 0.4) is 0 Å². The highest BCUT2D eigenvalue weighted by Crippen LogP contribution is 2.31. The zero-order valence-electron chi connectivity index (χ0n) is 16.1. The van der Waals surface area contributed by atoms with E-state index in [-0.39, 0.29) is 10.7 Å². The molecule has 6 heteroatoms. The van der Waals surface area contributed by atoms with Crippen molar-refractivity contribution in [2.24, 2.45) is 0 Å². The molecule has 0 spiro atoms. The number of nitrogens with zero attached hydrogens (tertiary/aromatic N) is 1. The predicted octanol–water partition coefficient (Wildman–Crippen LogP) is 5.59. The molecule has 0 atom stereocenters. The molecule has 4 aromatic rings. The molecular formula is C25H15BrN2O2S. The molecule has 5 rings (SSSR count). The van der Waals surface area contributed by atoms with Crippen LogP contribution in [0.1, 0.15) is 5.56 Å². The van der Waals surface area contributed by atoms with E-state index in [2.05, 4.69) is 27.3 Å². The third-order valence-electron chi connectivity index (χ3n) is 5.29. The van der Waals surface area contributed by atoms with Crippen LogP contribution in [-0.4, -0.2) is 16.9 Å². The quantitative estimate of drug-likeness (QED) is 0.174. The van der Waals surface area contributed by atoms with E-state index >= 15 is 0 Å². The van der Waals surface area contributed by atoms with E-state index in [0.29, 0.717) is 5.69 Å². The Balaban J connectivity index is 1.71. The van der Waals surface area contributed by atoms with Gasteiger partial charge in [-0.05, 0) is 75.7 Å². The smallest absolute Gasteiger partial charge is 0.270 e. The number of anilines is 1. The van der Waals surface area contributed by atoms with Gasteiger partial charge in [0.2, 0.25) is 0 Å². The molecule has 31 heavy (non-hydrogen) atoms. The Hall–Kier alpha value is -3.35. The summed E-state index contributed by atoms with van der Waals surface area (Å²) in [5, 5.41) is 6.74. The Morgan fingerprint density at radius 1 is 0.839 bits per heavy atom. The maximum absolute atomic E-state index is 13.4. The third kappa shape index (κ3) is 3.44. The second-order valence-corrected chi connectivity index (χ2v) is 8.47. The summed E-state index contributed by atoms with van der Waals surface area (Å²) >= 11 is 8.70. The van der Waals surface area contributed by atoms with Crippen LogP contribution in [0.4, 0.5) is 5.69 Å². The third-order valence-corrected chi connectivity index (χ3v) is 6.10. The van der Waals surface area contributed by atoms with Crippen LogP contribution in [0, 0.1) is 0 Å². The summed E-state index contributed by atoms with van der Waals surface area (Å²) in [6, 6.07) is 25.2. The normalized spacial score (nSPS) is 15.7. The van der Waals surface area contributed by atoms with Crippen molar-refractivity contribution in [3.05, 3.63) is 94.5 Å². The molecule has 0 aromatic heterocycles. The number of hydrogen-bond donors (Lipinski definition) is 1. The molecule has 150 valence electrons. The van der Waals surface area contributed by atoms with Crippen LogP contribution in [0.15, 0.2) is 88.9 Å². The first-order valence-electron chi connectivity index (χ1n) is 9.60. The van der Waals surface area contributed by atoms with Crippen LogP contribution < -0.4 is 10.2 Å². The molecule has 0 bridgehead atoms. The van der Waals surface area contributed by atoms with Gasteiger partial charge in [0.1, 0.15) is 5.57 Å². The van der Waals surface area contributed by atoms with Crippen LogP contribution in [0.2, 0.25) is 0 Å². The number of carbonyl (C=O) groups excluding carboxylic acids is 2. The zero-order valence-corrected chi connectivity index (χ0v) is 18.5. The number of nitrogens with one attached hydrogen (secondary N) is 1. The molecule has 1 N–H and O–H groups in total. The second-order valence-electron chi connectivity index (χ2n) is 7.17. The van der Waals surface area contributed by atoms with Gasteiger partial charge in [0.25, 0.3) is 11.8 Å². The lowest BCUT2D eigenvalue weighted by molar-refractivity contribution is -0.122. The maximum Gasteiger partial charge on any atom is 0.270 e. The Morgan fingerprint density at radius 2 is 1.42 bits per heavy atom. The monoisotopic (exact) mass is 486 g/mol. The Morgan fingerprint density at radius 3 is 2.03 bits per heavy atom. The summed E-state index contributed by atoms with van der Waals surface area (Å²) in [4.78, 5) is 27.6. The minimum absolute atomic E-state index is 0.0398. The Labute approximate surface area is 192 Å². The van der Waals surface area contributed by atoms with Crippen LogP contribution in [0.5, 0.6) is 0 Å². The van der Waals surface area contributed by atoms with Crippen molar-refractivity contribution in [1.82, 2.24) is 5.32 Å². The fourth-order valence-corrected chi connectivity index (χ4v) is 4.38. The van der Waals surface area contributed by atoms with Gasteiger partial charge >= 0.3 is 0 Å². The number of thiocarbonyl (C=S) groups is 1. The van der Waals surface area contributed by atoms with E-state index in [1.807, 2.05) is 60.7 Å². The summed E-state index contributed by atoms with van der Waals surface area (Å²) in [5.74, 6) is -0.950. The van der Waals surface area contributed by atoms with E-state index in [4.69, 9.17) is 12.2 Å². The molecule has 1 saturated heterocycles. The summed E-state index contributed by atoms with van der Waals surface area (Å²) in [5.41, 5.74) is 1.46. The van der Waals surface area contributed by atoms with Gasteiger partial charge in [-0.2, -0.15) is 0 Å². The fraction of sp³-hybridized carbons (Fsp3) is 0. The summed E-state index contributed by atoms with van der Waals surface area (Å²) in [7, 11) is 0. The molecule has 1 aliphatic heterocycles. The summed E-state index contributed by atoms with van der Waals surface area (Å²) in [6.07, 6.45) is 1.68. The number of rotatable bonds is 2. The number of halogens is 1. The summed E-state index contributed by atoms with van der Waals surface area (Å²) in [6.45, 7) is 0. The molecule has 0 aliphatic carbocycles. The van der Waals surface area contributed by atoms with Gasteiger partial charge in [0.05, 0.1) is 5.69 Å². The van der Waals surface area contributed by atoms with Gasteiger partial charge in [0, 0.05) is 4.47 Å². The van der Waals surface area contributed by atoms with Crippen molar-refractivity contribution in [2.45, 2.75) is 0 Å². The molecule has 2 amide bonds. The number of benzene rings is 4. The first kappa shape index (κ1) is 19.6. The molecule has 1 fully saturated rings. The molecule has 0 saturated carbocycles. The highest BCUT2D eigenvalue weighted by Gasteiger charge is 2.34. The molecular weight excluding hydrogens is 472 g/mol. The first-order valence-corrected chi connectivity index (χ1v) is 10.8. The molecule has 0 unspecified atom stereocenters. The Kier molecular flexibility index (Phi) is 4.88. The molecule has 4 aromatic carbocycles. The lowest BCUT2D eigenvalue weighted by Crippen LogP contribution is -2.54. The van der Waals surface area contributed by atoms with Crippen LogP contribution in [-0.2, 0) is 9.59 Å². The van der Waals surface area contributed by atoms with E-state index in [1.165, 1.54) is 4.90 Å². The van der Waals surface area contributed by atoms with Crippen molar-refractivity contribution >= 4 is 78.4 Å². The minimum atomic E-state index is -0.500. The van der Waals surface area contributed by atoms with Gasteiger partial charge in [-0.25, -0.2) is 0 Å². The minimum Gasteiger partial charge on any atom is -0.298 e. The van der Waals surface area contributed by atoms with E-state index in [1.54, 1.807) is 18.2 Å². The standard InChI is InChI=1S/C25H15BrN2O2S/c26-17-9-11-18(12-10-17)28-24(30)22(23(29)27-25(28)31)14-21-19-7-3-1-5-15(19)13-16-6-2-4-8-20(16)21/h1-14H,(H,27,29,31). The Bertz CT molecular complexity index is 1370. The SMILES string of the molecule is O=C1NC(=S)N(c2ccc(Br)cc2)C(=O)C1=Cc1c2ccccc2cc2ccccc12. The van der Waals surface area contributed by atoms with Gasteiger partial charge < -0.3 is 0 Å².